The van der Waals surface area contributed by atoms with E-state index in [9.17, 15) is 19.2 Å². The first-order chi connectivity index (χ1) is 23.0. The van der Waals surface area contributed by atoms with E-state index in [1.807, 2.05) is 45.0 Å². The summed E-state index contributed by atoms with van der Waals surface area (Å²) >= 11 is 0. The molecule has 1 aromatic heterocycles. The van der Waals surface area contributed by atoms with Crippen LogP contribution in [0.4, 0.5) is 0 Å². The van der Waals surface area contributed by atoms with Crippen molar-refractivity contribution in [2.24, 2.45) is 17.3 Å². The van der Waals surface area contributed by atoms with E-state index in [1.165, 1.54) is 4.90 Å². The molecule has 1 aliphatic heterocycles. The van der Waals surface area contributed by atoms with E-state index < -0.39 is 52.5 Å². The number of amides is 2. The first kappa shape index (κ1) is 36.1. The number of carbonyl (C=O) groups excluding carboxylic acids is 4. The van der Waals surface area contributed by atoms with Crippen molar-refractivity contribution in [1.29, 1.82) is 0 Å². The molecule has 49 heavy (non-hydrogen) atoms. The number of nitrogens with one attached hydrogen (secondary N) is 1. The molecule has 0 spiro atoms. The molecule has 0 bridgehead atoms. The number of rotatable bonds is 12. The Balaban J connectivity index is 1.47. The number of ether oxygens (including phenoxy) is 4. The Morgan fingerprint density at radius 2 is 1.84 bits per heavy atom. The van der Waals surface area contributed by atoms with E-state index >= 15 is 0 Å². The number of likely N-dealkylation sites (tertiary alicyclic amines) is 1. The normalized spacial score (nSPS) is 24.2. The minimum absolute atomic E-state index is 0.105. The number of benzene rings is 1. The highest BCUT2D eigenvalue weighted by Crippen LogP contribution is 2.46. The van der Waals surface area contributed by atoms with Gasteiger partial charge in [-0.15, -0.1) is 6.58 Å². The molecule has 2 heterocycles. The van der Waals surface area contributed by atoms with Crippen molar-refractivity contribution < 1.29 is 38.1 Å². The second kappa shape index (κ2) is 13.6. The van der Waals surface area contributed by atoms with E-state index in [1.54, 1.807) is 40.9 Å². The quantitative estimate of drug-likeness (QED) is 0.229. The highest BCUT2D eigenvalue weighted by molar-refractivity contribution is 5.96. The minimum atomic E-state index is -1.23. The third-order valence-corrected chi connectivity index (χ3v) is 9.56. The predicted molar refractivity (Wildman–Crippen MR) is 184 cm³/mol. The van der Waals surface area contributed by atoms with Crippen LogP contribution < -0.4 is 14.8 Å². The van der Waals surface area contributed by atoms with Crippen LogP contribution in [0.15, 0.2) is 36.9 Å². The van der Waals surface area contributed by atoms with Crippen LogP contribution in [0, 0.1) is 17.3 Å². The fraction of sp³-hybridized carbons (Fsp3) is 0.605. The van der Waals surface area contributed by atoms with Gasteiger partial charge in [0.05, 0.1) is 38.1 Å². The number of aromatic nitrogens is 1. The lowest BCUT2D eigenvalue weighted by molar-refractivity contribution is -0.161. The van der Waals surface area contributed by atoms with Gasteiger partial charge >= 0.3 is 11.9 Å². The Morgan fingerprint density at radius 1 is 1.12 bits per heavy atom. The zero-order valence-electron chi connectivity index (χ0n) is 30.1. The fourth-order valence-electron chi connectivity index (χ4n) is 6.64. The molecule has 0 radical (unpaired) electrons. The summed E-state index contributed by atoms with van der Waals surface area (Å²) in [4.78, 5) is 61.2. The molecule has 1 saturated heterocycles. The van der Waals surface area contributed by atoms with Gasteiger partial charge in [0.2, 0.25) is 11.8 Å². The van der Waals surface area contributed by atoms with Crippen molar-refractivity contribution in [3.8, 4) is 11.5 Å². The molecular formula is C38H51N3O8. The first-order valence-corrected chi connectivity index (χ1v) is 17.3. The maximum Gasteiger partial charge on any atom is 0.332 e. The van der Waals surface area contributed by atoms with E-state index in [4.69, 9.17) is 23.9 Å². The zero-order valence-corrected chi connectivity index (χ0v) is 30.1. The van der Waals surface area contributed by atoms with Crippen molar-refractivity contribution in [2.75, 3.05) is 20.3 Å². The van der Waals surface area contributed by atoms with Gasteiger partial charge in [-0.3, -0.25) is 19.4 Å². The molecule has 5 atom stereocenters. The molecule has 0 unspecified atom stereocenters. The molecule has 266 valence electrons. The van der Waals surface area contributed by atoms with Gasteiger partial charge in [0, 0.05) is 41.5 Å². The Hall–Kier alpha value is -4.15. The summed E-state index contributed by atoms with van der Waals surface area (Å²) in [5, 5.41) is 3.73. The summed E-state index contributed by atoms with van der Waals surface area (Å²) in [6, 6.07) is 6.62. The maximum absolute atomic E-state index is 14.5. The molecule has 2 aromatic rings. The standard InChI is InChI=1S/C38H51N3O8/c1-10-23-20-38(23,35(45)47-11-2)40-33(43)30-17-25(21-41(30)34(44)27(36(3,4)5)18-32(42)49-37(6,7)8)48-31-19-28(22-12-13-22)39-29-16-24(46-9)14-15-26(29)31/h10,14-16,19,22-23,25,27,30H,1,11-13,17-18,20-21H2,2-9H3,(H,40,43)/t23-,25-,27-,30+,38-/m1/s1. The Morgan fingerprint density at radius 3 is 2.41 bits per heavy atom. The molecule has 11 heteroatoms. The second-order valence-electron chi connectivity index (χ2n) is 15.6. The fourth-order valence-corrected chi connectivity index (χ4v) is 6.64. The van der Waals surface area contributed by atoms with E-state index in [0.717, 1.165) is 29.4 Å². The van der Waals surface area contributed by atoms with Crippen LogP contribution >= 0.6 is 0 Å². The smallest absolute Gasteiger partial charge is 0.332 e. The van der Waals surface area contributed by atoms with Gasteiger partial charge in [-0.25, -0.2) is 4.79 Å². The van der Waals surface area contributed by atoms with Gasteiger partial charge in [-0.05, 0) is 64.5 Å². The van der Waals surface area contributed by atoms with Crippen molar-refractivity contribution in [2.45, 2.75) is 110 Å². The predicted octanol–water partition coefficient (Wildman–Crippen LogP) is 5.49. The molecule has 2 amide bonds. The van der Waals surface area contributed by atoms with Crippen LogP contribution in [-0.4, -0.2) is 77.2 Å². The summed E-state index contributed by atoms with van der Waals surface area (Å²) in [5.74, 6) is -1.27. The Kier molecular flexibility index (Phi) is 10.1. The molecule has 1 aromatic carbocycles. The highest BCUT2D eigenvalue weighted by Gasteiger charge is 2.62. The molecular weight excluding hydrogens is 626 g/mol. The van der Waals surface area contributed by atoms with Gasteiger partial charge in [-0.1, -0.05) is 26.8 Å². The van der Waals surface area contributed by atoms with Crippen molar-refractivity contribution >= 4 is 34.7 Å². The number of methoxy groups -OCH3 is 1. The lowest BCUT2D eigenvalue weighted by Gasteiger charge is -2.35. The SMILES string of the molecule is C=C[C@@H]1C[C@]1(NC(=O)[C@@H]1C[C@@H](Oc2cc(C3CC3)nc3cc(OC)ccc23)CN1C(=O)[C@@H](CC(=O)OC(C)(C)C)C(C)(C)C)C(=O)OCC. The minimum Gasteiger partial charge on any atom is -0.497 e. The number of hydrogen-bond donors (Lipinski definition) is 1. The monoisotopic (exact) mass is 677 g/mol. The lowest BCUT2D eigenvalue weighted by atomic mass is 9.77. The van der Waals surface area contributed by atoms with Gasteiger partial charge in [-0.2, -0.15) is 0 Å². The van der Waals surface area contributed by atoms with Crippen molar-refractivity contribution in [3.05, 3.63) is 42.6 Å². The van der Waals surface area contributed by atoms with Crippen LogP contribution in [0.1, 0.15) is 92.2 Å². The van der Waals surface area contributed by atoms with E-state index in [-0.39, 0.29) is 37.8 Å². The average Bonchev–Trinajstić information content (AvgIpc) is 3.94. The molecule has 11 nitrogen and oxygen atoms in total. The lowest BCUT2D eigenvalue weighted by Crippen LogP contribution is -2.55. The summed E-state index contributed by atoms with van der Waals surface area (Å²) in [6.07, 6.45) is 3.57. The number of carbonyl (C=O) groups is 4. The van der Waals surface area contributed by atoms with Crippen LogP contribution in [0.25, 0.3) is 10.9 Å². The summed E-state index contributed by atoms with van der Waals surface area (Å²) in [5.41, 5.74) is -0.917. The summed E-state index contributed by atoms with van der Waals surface area (Å²) in [7, 11) is 1.61. The zero-order chi connectivity index (χ0) is 35.9. The Labute approximate surface area is 289 Å². The largest absolute Gasteiger partial charge is 0.497 e. The van der Waals surface area contributed by atoms with E-state index in [2.05, 4.69) is 11.9 Å². The summed E-state index contributed by atoms with van der Waals surface area (Å²) in [6.45, 7) is 16.8. The van der Waals surface area contributed by atoms with Crippen LogP contribution in [-0.2, 0) is 28.7 Å². The molecule has 5 rings (SSSR count). The van der Waals surface area contributed by atoms with Crippen LogP contribution in [0.5, 0.6) is 11.5 Å². The van der Waals surface area contributed by atoms with Crippen molar-refractivity contribution in [1.82, 2.24) is 15.2 Å². The van der Waals surface area contributed by atoms with Crippen LogP contribution in [0.2, 0.25) is 0 Å². The number of fused-ring (bicyclic) bond motifs is 1. The third-order valence-electron chi connectivity index (χ3n) is 9.56. The third kappa shape index (κ3) is 8.02. The second-order valence-corrected chi connectivity index (χ2v) is 15.6. The van der Waals surface area contributed by atoms with Crippen molar-refractivity contribution in [3.63, 3.8) is 0 Å². The number of hydrogen-bond acceptors (Lipinski definition) is 9. The molecule has 2 saturated carbocycles. The molecule has 2 aliphatic carbocycles. The number of pyridine rings is 1. The van der Waals surface area contributed by atoms with Gasteiger partial charge in [0.25, 0.3) is 0 Å². The van der Waals surface area contributed by atoms with Gasteiger partial charge in [0.1, 0.15) is 34.8 Å². The molecule has 3 aliphatic rings. The highest BCUT2D eigenvalue weighted by atomic mass is 16.6. The first-order valence-electron chi connectivity index (χ1n) is 17.3. The van der Waals surface area contributed by atoms with Crippen LogP contribution in [0.3, 0.4) is 0 Å². The maximum atomic E-state index is 14.5. The number of esters is 2. The van der Waals surface area contributed by atoms with Gasteiger partial charge in [0.15, 0.2) is 0 Å². The number of nitrogens with zero attached hydrogens (tertiary/aromatic N) is 2. The topological polar surface area (TPSA) is 133 Å². The Bertz CT molecular complexity index is 1620. The molecule has 1 N–H and O–H groups in total. The van der Waals surface area contributed by atoms with Gasteiger partial charge < -0.3 is 29.2 Å². The van der Waals surface area contributed by atoms with E-state index in [0.29, 0.717) is 23.8 Å². The molecule has 3 fully saturated rings. The summed E-state index contributed by atoms with van der Waals surface area (Å²) < 4.78 is 23.0. The average molecular weight is 678 g/mol.